The Kier molecular flexibility index (Phi) is 9.86. The van der Waals surface area contributed by atoms with Crippen LogP contribution in [0.3, 0.4) is 0 Å². The summed E-state index contributed by atoms with van der Waals surface area (Å²) in [5, 5.41) is 0. The molecule has 0 bridgehead atoms. The highest BCUT2D eigenvalue weighted by molar-refractivity contribution is 6.01. The van der Waals surface area contributed by atoms with E-state index in [0.717, 1.165) is 67.9 Å². The highest BCUT2D eigenvalue weighted by Crippen LogP contribution is 2.66. The summed E-state index contributed by atoms with van der Waals surface area (Å²) >= 11 is 0. The minimum atomic E-state index is -0.681. The van der Waals surface area contributed by atoms with Crippen LogP contribution in [0.5, 0.6) is 23.0 Å². The average Bonchev–Trinajstić information content (AvgIpc) is 1.58. The van der Waals surface area contributed by atoms with Gasteiger partial charge < -0.3 is 14.4 Å². The Morgan fingerprint density at radius 1 is 0.214 bits per heavy atom. The van der Waals surface area contributed by atoms with E-state index in [0.29, 0.717) is 0 Å². The molecule has 0 radical (unpaired) electrons. The van der Waals surface area contributed by atoms with Gasteiger partial charge in [-0.1, -0.05) is 255 Å². The summed E-state index contributed by atoms with van der Waals surface area (Å²) in [6, 6.07) is 115. The standard InChI is InChI=1S/C81H51NO2/c1-3-24-52(25-4-1)79(53-26-5-2-6-27-53)65-35-13-9-31-62(65)78-61(32-23-40-70(78)79)60-30-10-18-41-73(60)82(54-46-48-58-56-28-7-11-33-63(56)80(71(58)50-54)66-36-14-19-42-74(66)83-75-43-20-15-37-67(75)80)55-47-49-59-57-29-8-12-34-64(57)81(72(59)51-55)68-38-16-21-44-76(68)84-77-45-22-17-39-69(77)81/h1-51H. The van der Waals surface area contributed by atoms with E-state index in [2.05, 4.69) is 314 Å². The molecule has 0 saturated carbocycles. The molecule has 2 aliphatic heterocycles. The highest BCUT2D eigenvalue weighted by Gasteiger charge is 2.54. The quantitative estimate of drug-likeness (QED) is 0.166. The van der Waals surface area contributed by atoms with Crippen LogP contribution in [0.15, 0.2) is 309 Å². The smallest absolute Gasteiger partial charge is 0.132 e. The summed E-state index contributed by atoms with van der Waals surface area (Å²) in [6.07, 6.45) is 0. The van der Waals surface area contributed by atoms with E-state index in [1.165, 1.54) is 83.5 Å². The first kappa shape index (κ1) is 47.0. The fourth-order valence-corrected chi connectivity index (χ4v) is 16.0. The van der Waals surface area contributed by atoms with E-state index in [4.69, 9.17) is 9.47 Å². The second-order valence-corrected chi connectivity index (χ2v) is 22.8. The summed E-state index contributed by atoms with van der Waals surface area (Å²) in [5.41, 5.74) is 25.4. The molecule has 3 heteroatoms. The molecule has 84 heavy (non-hydrogen) atoms. The summed E-state index contributed by atoms with van der Waals surface area (Å²) in [7, 11) is 0. The van der Waals surface area contributed by atoms with Crippen LogP contribution in [0.4, 0.5) is 17.1 Å². The number of para-hydroxylation sites is 5. The topological polar surface area (TPSA) is 21.7 Å². The lowest BCUT2D eigenvalue weighted by Gasteiger charge is -2.40. The minimum Gasteiger partial charge on any atom is -0.457 e. The lowest BCUT2D eigenvalue weighted by atomic mass is 9.66. The fourth-order valence-electron chi connectivity index (χ4n) is 16.0. The molecule has 3 nitrogen and oxygen atoms in total. The summed E-state index contributed by atoms with van der Waals surface area (Å²) in [6.45, 7) is 0. The maximum Gasteiger partial charge on any atom is 0.132 e. The molecule has 18 rings (SSSR count). The molecule has 0 fully saturated rings. The van der Waals surface area contributed by atoms with E-state index < -0.39 is 16.2 Å². The molecule has 0 atom stereocenters. The zero-order valence-electron chi connectivity index (χ0n) is 45.7. The van der Waals surface area contributed by atoms with Gasteiger partial charge in [0.05, 0.1) is 21.9 Å². The fraction of sp³-hybridized carbons (Fsp3) is 0.0370. The van der Waals surface area contributed by atoms with Crippen LogP contribution in [-0.4, -0.2) is 0 Å². The molecule has 2 spiro atoms. The number of hydrogen-bond acceptors (Lipinski definition) is 3. The van der Waals surface area contributed by atoms with Gasteiger partial charge in [0, 0.05) is 39.2 Å². The van der Waals surface area contributed by atoms with Gasteiger partial charge in [0.1, 0.15) is 23.0 Å². The van der Waals surface area contributed by atoms with E-state index in [1.54, 1.807) is 0 Å². The number of fused-ring (bicyclic) bond motifs is 21. The van der Waals surface area contributed by atoms with Gasteiger partial charge in [-0.2, -0.15) is 0 Å². The van der Waals surface area contributed by atoms with Gasteiger partial charge in [-0.15, -0.1) is 0 Å². The number of anilines is 3. The number of ether oxygens (including phenoxy) is 2. The first-order valence-electron chi connectivity index (χ1n) is 29.1. The molecule has 0 unspecified atom stereocenters. The molecule has 0 N–H and O–H groups in total. The van der Waals surface area contributed by atoms with Crippen LogP contribution in [0, 0.1) is 0 Å². The van der Waals surface area contributed by atoms with Crippen molar-refractivity contribution in [1.29, 1.82) is 0 Å². The van der Waals surface area contributed by atoms with Gasteiger partial charge in [-0.05, 0) is 138 Å². The largest absolute Gasteiger partial charge is 0.457 e. The summed E-state index contributed by atoms with van der Waals surface area (Å²) < 4.78 is 13.7. The van der Waals surface area contributed by atoms with Crippen molar-refractivity contribution < 1.29 is 9.47 Å². The molecule has 2 heterocycles. The first-order chi connectivity index (χ1) is 41.7. The minimum absolute atomic E-state index is 0.571. The third-order valence-electron chi connectivity index (χ3n) is 19.1. The summed E-state index contributed by atoms with van der Waals surface area (Å²) in [4.78, 5) is 2.55. The maximum absolute atomic E-state index is 6.86. The third kappa shape index (κ3) is 6.04. The van der Waals surface area contributed by atoms with Crippen molar-refractivity contribution in [3.05, 3.63) is 376 Å². The molecule has 392 valence electrons. The second kappa shape index (κ2) is 17.6. The van der Waals surface area contributed by atoms with Gasteiger partial charge in [0.2, 0.25) is 0 Å². The van der Waals surface area contributed by atoms with Crippen molar-refractivity contribution in [1.82, 2.24) is 0 Å². The third-order valence-corrected chi connectivity index (χ3v) is 19.1. The van der Waals surface area contributed by atoms with Crippen LogP contribution in [0.2, 0.25) is 0 Å². The molecule has 13 aromatic carbocycles. The average molecular weight is 1070 g/mol. The molecule has 0 aromatic heterocycles. The number of rotatable bonds is 6. The van der Waals surface area contributed by atoms with Crippen molar-refractivity contribution in [3.8, 4) is 67.5 Å². The molecule has 5 aliphatic rings. The Labute approximate surface area is 488 Å². The SMILES string of the molecule is c1ccc(C2(c3ccccc3)c3ccccc3-c3c(-c4ccccc4N(c4ccc5c(c4)C4(c6ccccc6Oc6ccccc64)c4ccccc4-5)c4ccc5c(c4)C4(c6ccccc6Oc6ccccc64)c4ccccc4-5)cccc32)cc1. The van der Waals surface area contributed by atoms with Crippen molar-refractivity contribution in [2.45, 2.75) is 16.2 Å². The predicted octanol–water partition coefficient (Wildman–Crippen LogP) is 20.1. The number of nitrogens with zero attached hydrogens (tertiary/aromatic N) is 1. The number of hydrogen-bond donors (Lipinski definition) is 0. The molecule has 0 amide bonds. The normalized spacial score (nSPS) is 14.7. The van der Waals surface area contributed by atoms with Gasteiger partial charge >= 0.3 is 0 Å². The Morgan fingerprint density at radius 3 is 1.01 bits per heavy atom. The lowest BCUT2D eigenvalue weighted by Crippen LogP contribution is -2.32. The van der Waals surface area contributed by atoms with E-state index in [9.17, 15) is 0 Å². The van der Waals surface area contributed by atoms with Crippen LogP contribution in [0.25, 0.3) is 44.5 Å². The van der Waals surface area contributed by atoms with E-state index >= 15 is 0 Å². The van der Waals surface area contributed by atoms with Crippen molar-refractivity contribution >= 4 is 17.1 Å². The second-order valence-electron chi connectivity index (χ2n) is 22.8. The van der Waals surface area contributed by atoms with Crippen molar-refractivity contribution in [2.24, 2.45) is 0 Å². The first-order valence-corrected chi connectivity index (χ1v) is 29.1. The van der Waals surface area contributed by atoms with Crippen LogP contribution >= 0.6 is 0 Å². The van der Waals surface area contributed by atoms with Gasteiger partial charge in [-0.25, -0.2) is 0 Å². The van der Waals surface area contributed by atoms with E-state index in [-0.39, 0.29) is 0 Å². The van der Waals surface area contributed by atoms with Gasteiger partial charge in [-0.3, -0.25) is 0 Å². The Bertz CT molecular complexity index is 4560. The predicted molar refractivity (Wildman–Crippen MR) is 339 cm³/mol. The zero-order chi connectivity index (χ0) is 55.1. The summed E-state index contributed by atoms with van der Waals surface area (Å²) in [5.74, 6) is 3.47. The molecular weight excluding hydrogens is 1020 g/mol. The van der Waals surface area contributed by atoms with Gasteiger partial charge in [0.25, 0.3) is 0 Å². The highest BCUT2D eigenvalue weighted by atomic mass is 16.5. The van der Waals surface area contributed by atoms with Gasteiger partial charge in [0.15, 0.2) is 0 Å². The lowest BCUT2D eigenvalue weighted by molar-refractivity contribution is 0.436. The molecule has 13 aromatic rings. The van der Waals surface area contributed by atoms with Crippen molar-refractivity contribution in [2.75, 3.05) is 4.90 Å². The molecule has 3 aliphatic carbocycles. The number of benzene rings is 13. The molecule has 0 saturated heterocycles. The maximum atomic E-state index is 6.86. The Morgan fingerprint density at radius 2 is 0.548 bits per heavy atom. The zero-order valence-corrected chi connectivity index (χ0v) is 45.7. The van der Waals surface area contributed by atoms with E-state index in [1.807, 2.05) is 0 Å². The van der Waals surface area contributed by atoms with Crippen LogP contribution in [0.1, 0.15) is 66.8 Å². The monoisotopic (exact) mass is 1070 g/mol. The molecular formula is C81H51NO2. The Balaban J connectivity index is 0.938. The van der Waals surface area contributed by atoms with Crippen LogP contribution in [-0.2, 0) is 16.2 Å². The van der Waals surface area contributed by atoms with Crippen LogP contribution < -0.4 is 14.4 Å². The van der Waals surface area contributed by atoms with Crippen molar-refractivity contribution in [3.63, 3.8) is 0 Å². The Hall–Kier alpha value is -10.7.